The maximum atomic E-state index is 10.7. The predicted molar refractivity (Wildman–Crippen MR) is 61.2 cm³/mol. The fraction of sp³-hybridized carbons (Fsp3) is 0.417. The van der Waals surface area contributed by atoms with Gasteiger partial charge in [0, 0.05) is 0 Å². The van der Waals surface area contributed by atoms with Crippen molar-refractivity contribution < 1.29 is 14.6 Å². The molecule has 0 spiro atoms. The molecule has 1 aliphatic rings. The Morgan fingerprint density at radius 3 is 2.75 bits per heavy atom. The van der Waals surface area contributed by atoms with Gasteiger partial charge in [-0.2, -0.15) is 0 Å². The van der Waals surface area contributed by atoms with Gasteiger partial charge in [-0.3, -0.25) is 0 Å². The molecule has 0 radical (unpaired) electrons. The Labute approximate surface area is 99.0 Å². The Morgan fingerprint density at radius 1 is 1.50 bits per heavy atom. The van der Waals surface area contributed by atoms with Crippen LogP contribution < -0.4 is 4.74 Å². The molecule has 1 aromatic rings. The molecule has 4 heteroatoms. The smallest absolute Gasteiger partial charge is 0.335 e. The van der Waals surface area contributed by atoms with E-state index >= 15 is 0 Å². The van der Waals surface area contributed by atoms with E-state index in [0.717, 1.165) is 0 Å². The maximum Gasteiger partial charge on any atom is 0.335 e. The average molecular weight is 241 g/mol. The van der Waals surface area contributed by atoms with Crippen molar-refractivity contribution in [3.63, 3.8) is 0 Å². The van der Waals surface area contributed by atoms with E-state index < -0.39 is 5.97 Å². The van der Waals surface area contributed by atoms with E-state index in [-0.39, 0.29) is 5.56 Å². The van der Waals surface area contributed by atoms with Crippen molar-refractivity contribution in [2.45, 2.75) is 19.3 Å². The largest absolute Gasteiger partial charge is 0.492 e. The summed E-state index contributed by atoms with van der Waals surface area (Å²) in [4.78, 5) is 10.7. The molecule has 0 unspecified atom stereocenters. The second-order valence-corrected chi connectivity index (χ2v) is 4.47. The predicted octanol–water partition coefficient (Wildman–Crippen LogP) is 3.22. The molecule has 1 aromatic carbocycles. The van der Waals surface area contributed by atoms with Crippen molar-refractivity contribution in [2.24, 2.45) is 5.92 Å². The van der Waals surface area contributed by atoms with E-state index in [1.54, 1.807) is 6.07 Å². The Kier molecular flexibility index (Phi) is 3.34. The monoisotopic (exact) mass is 240 g/mol. The molecule has 1 aliphatic carbocycles. The molecule has 1 fully saturated rings. The molecule has 1 saturated carbocycles. The molecule has 3 nitrogen and oxygen atoms in total. The van der Waals surface area contributed by atoms with Crippen LogP contribution in [0.2, 0.25) is 5.02 Å². The summed E-state index contributed by atoms with van der Waals surface area (Å²) in [5.74, 6) is 0.223. The molecule has 0 aliphatic heterocycles. The summed E-state index contributed by atoms with van der Waals surface area (Å²) < 4.78 is 5.55. The zero-order valence-electron chi connectivity index (χ0n) is 8.78. The van der Waals surface area contributed by atoms with Crippen LogP contribution >= 0.6 is 11.6 Å². The number of ether oxygens (including phenoxy) is 1. The molecular formula is C12H13ClO3. The molecule has 0 amide bonds. The molecule has 2 rings (SSSR count). The molecule has 0 bridgehead atoms. The Balaban J connectivity index is 2.00. The lowest BCUT2D eigenvalue weighted by Crippen LogP contribution is -2.19. The fourth-order valence-corrected chi connectivity index (χ4v) is 1.85. The van der Waals surface area contributed by atoms with E-state index in [4.69, 9.17) is 21.4 Å². The van der Waals surface area contributed by atoms with E-state index in [0.29, 0.717) is 23.3 Å². The molecule has 0 saturated heterocycles. The van der Waals surface area contributed by atoms with Gasteiger partial charge in [-0.1, -0.05) is 18.0 Å². The number of benzene rings is 1. The molecule has 0 aromatic heterocycles. The van der Waals surface area contributed by atoms with Crippen molar-refractivity contribution in [1.29, 1.82) is 0 Å². The normalized spacial score (nSPS) is 15.6. The van der Waals surface area contributed by atoms with Crippen LogP contribution in [0.4, 0.5) is 0 Å². The van der Waals surface area contributed by atoms with Gasteiger partial charge in [0.25, 0.3) is 0 Å². The van der Waals surface area contributed by atoms with Gasteiger partial charge in [-0.15, -0.1) is 0 Å². The lowest BCUT2D eigenvalue weighted by Gasteiger charge is -2.25. The van der Waals surface area contributed by atoms with Crippen LogP contribution in [0.1, 0.15) is 29.6 Å². The maximum absolute atomic E-state index is 10.7. The third-order valence-electron chi connectivity index (χ3n) is 2.88. The van der Waals surface area contributed by atoms with Crippen molar-refractivity contribution in [3.8, 4) is 5.75 Å². The van der Waals surface area contributed by atoms with Crippen LogP contribution in [-0.4, -0.2) is 17.7 Å². The lowest BCUT2D eigenvalue weighted by atomic mass is 9.86. The number of carboxylic acids is 1. The second-order valence-electron chi connectivity index (χ2n) is 4.06. The van der Waals surface area contributed by atoms with Crippen molar-refractivity contribution in [2.75, 3.05) is 6.61 Å². The summed E-state index contributed by atoms with van der Waals surface area (Å²) in [5.41, 5.74) is 0.181. The van der Waals surface area contributed by atoms with Gasteiger partial charge < -0.3 is 9.84 Å². The summed E-state index contributed by atoms with van der Waals surface area (Å²) in [5, 5.41) is 9.13. The third kappa shape index (κ3) is 2.47. The summed E-state index contributed by atoms with van der Waals surface area (Å²) in [7, 11) is 0. The molecular weight excluding hydrogens is 228 g/mol. The van der Waals surface area contributed by atoms with Crippen LogP contribution in [-0.2, 0) is 0 Å². The van der Waals surface area contributed by atoms with Crippen molar-refractivity contribution >= 4 is 17.6 Å². The highest BCUT2D eigenvalue weighted by Gasteiger charge is 2.18. The van der Waals surface area contributed by atoms with Crippen LogP contribution in [0.15, 0.2) is 18.2 Å². The second kappa shape index (κ2) is 4.74. The van der Waals surface area contributed by atoms with Gasteiger partial charge >= 0.3 is 5.97 Å². The minimum Gasteiger partial charge on any atom is -0.492 e. The quantitative estimate of drug-likeness (QED) is 0.879. The Bertz CT molecular complexity index is 399. The summed E-state index contributed by atoms with van der Waals surface area (Å²) in [6, 6.07) is 4.54. The van der Waals surface area contributed by atoms with Crippen LogP contribution in [0.3, 0.4) is 0 Å². The van der Waals surface area contributed by atoms with E-state index in [9.17, 15) is 4.79 Å². The number of carboxylic acid groups (broad SMARTS) is 1. The fourth-order valence-electron chi connectivity index (χ4n) is 1.62. The van der Waals surface area contributed by atoms with Gasteiger partial charge in [0.15, 0.2) is 0 Å². The molecule has 0 atom stereocenters. The summed E-state index contributed by atoms with van der Waals surface area (Å²) in [6.07, 6.45) is 3.70. The third-order valence-corrected chi connectivity index (χ3v) is 3.17. The molecule has 1 N–H and O–H groups in total. The molecule has 16 heavy (non-hydrogen) atoms. The van der Waals surface area contributed by atoms with Crippen LogP contribution in [0, 0.1) is 5.92 Å². The molecule has 0 heterocycles. The minimum absolute atomic E-state index is 0.181. The summed E-state index contributed by atoms with van der Waals surface area (Å²) in [6.45, 7) is 0.673. The zero-order valence-corrected chi connectivity index (χ0v) is 9.54. The molecule has 86 valence electrons. The highest BCUT2D eigenvalue weighted by molar-refractivity contribution is 6.32. The Hall–Kier alpha value is -1.22. The van der Waals surface area contributed by atoms with Crippen molar-refractivity contribution in [3.05, 3.63) is 28.8 Å². The Morgan fingerprint density at radius 2 is 2.25 bits per heavy atom. The standard InChI is InChI=1S/C12H13ClO3/c13-10-6-9(12(14)15)4-5-11(10)16-7-8-2-1-3-8/h4-6,8H,1-3,7H2,(H,14,15). The first-order chi connectivity index (χ1) is 7.66. The zero-order chi connectivity index (χ0) is 11.5. The lowest BCUT2D eigenvalue weighted by molar-refractivity contribution is 0.0697. The minimum atomic E-state index is -0.979. The number of carbonyl (C=O) groups is 1. The number of hydrogen-bond donors (Lipinski definition) is 1. The number of hydrogen-bond acceptors (Lipinski definition) is 2. The van der Waals surface area contributed by atoms with Gasteiger partial charge in [0.05, 0.1) is 17.2 Å². The first-order valence-corrected chi connectivity index (χ1v) is 5.70. The highest BCUT2D eigenvalue weighted by Crippen LogP contribution is 2.30. The van der Waals surface area contributed by atoms with Gasteiger partial charge in [0.2, 0.25) is 0 Å². The van der Waals surface area contributed by atoms with Gasteiger partial charge in [-0.25, -0.2) is 4.79 Å². The van der Waals surface area contributed by atoms with Crippen LogP contribution in [0.5, 0.6) is 5.75 Å². The topological polar surface area (TPSA) is 46.5 Å². The highest BCUT2D eigenvalue weighted by atomic mass is 35.5. The number of halogens is 1. The number of aromatic carboxylic acids is 1. The van der Waals surface area contributed by atoms with Gasteiger partial charge in [0.1, 0.15) is 5.75 Å². The van der Waals surface area contributed by atoms with Crippen molar-refractivity contribution in [1.82, 2.24) is 0 Å². The van der Waals surface area contributed by atoms with E-state index in [1.165, 1.54) is 31.4 Å². The van der Waals surface area contributed by atoms with Gasteiger partial charge in [-0.05, 0) is 37.0 Å². The van der Waals surface area contributed by atoms with E-state index in [1.807, 2.05) is 0 Å². The first-order valence-electron chi connectivity index (χ1n) is 5.32. The van der Waals surface area contributed by atoms with E-state index in [2.05, 4.69) is 0 Å². The average Bonchev–Trinajstić information content (AvgIpc) is 2.17. The SMILES string of the molecule is O=C(O)c1ccc(OCC2CCC2)c(Cl)c1. The van der Waals surface area contributed by atoms with Crippen LogP contribution in [0.25, 0.3) is 0 Å². The summed E-state index contributed by atoms with van der Waals surface area (Å²) >= 11 is 5.93. The number of rotatable bonds is 4. The first kappa shape index (κ1) is 11.3.